The first-order valence-electron chi connectivity index (χ1n) is 5.13. The molecule has 0 amide bonds. The first-order valence-corrected chi connectivity index (χ1v) is 5.13. The van der Waals surface area contributed by atoms with E-state index in [0.717, 1.165) is 25.2 Å². The zero-order valence-corrected chi connectivity index (χ0v) is 8.44. The van der Waals surface area contributed by atoms with Gasteiger partial charge in [0.15, 0.2) is 0 Å². The Morgan fingerprint density at radius 2 is 2.50 bits per heavy atom. The molecule has 0 spiro atoms. The standard InChI is InChI=1S/C11H16N2O/c1-9(11-4-2-3-6-13-11)14-10-5-7-12-8-10/h2-4,6,9-10,12H,5,7-8H2,1H3/t9?,10-/m0/s1. The van der Waals surface area contributed by atoms with Crippen LogP contribution in [0.15, 0.2) is 24.4 Å². The summed E-state index contributed by atoms with van der Waals surface area (Å²) in [6.45, 7) is 4.09. The Morgan fingerprint density at radius 1 is 1.57 bits per heavy atom. The minimum absolute atomic E-state index is 0.0982. The van der Waals surface area contributed by atoms with Gasteiger partial charge in [0.2, 0.25) is 0 Å². The number of nitrogens with one attached hydrogen (secondary N) is 1. The molecule has 0 bridgehead atoms. The van der Waals surface area contributed by atoms with Crippen LogP contribution < -0.4 is 5.32 Å². The third-order valence-electron chi connectivity index (χ3n) is 2.52. The topological polar surface area (TPSA) is 34.1 Å². The Balaban J connectivity index is 1.92. The molecule has 14 heavy (non-hydrogen) atoms. The van der Waals surface area contributed by atoms with Gasteiger partial charge in [0.1, 0.15) is 0 Å². The highest BCUT2D eigenvalue weighted by Crippen LogP contribution is 2.18. The number of nitrogens with zero attached hydrogens (tertiary/aromatic N) is 1. The van der Waals surface area contributed by atoms with Crippen molar-refractivity contribution in [2.75, 3.05) is 13.1 Å². The predicted molar refractivity (Wildman–Crippen MR) is 55.0 cm³/mol. The molecule has 1 aliphatic rings. The molecule has 1 fully saturated rings. The Bertz CT molecular complexity index is 270. The lowest BCUT2D eigenvalue weighted by Crippen LogP contribution is -2.18. The maximum absolute atomic E-state index is 5.87. The van der Waals surface area contributed by atoms with E-state index in [9.17, 15) is 0 Å². The van der Waals surface area contributed by atoms with Crippen molar-refractivity contribution < 1.29 is 4.74 Å². The average molecular weight is 192 g/mol. The number of rotatable bonds is 3. The van der Waals surface area contributed by atoms with Crippen molar-refractivity contribution in [1.29, 1.82) is 0 Å². The van der Waals surface area contributed by atoms with Gasteiger partial charge in [-0.15, -0.1) is 0 Å². The van der Waals surface area contributed by atoms with E-state index in [1.807, 2.05) is 24.4 Å². The van der Waals surface area contributed by atoms with Crippen molar-refractivity contribution in [1.82, 2.24) is 10.3 Å². The zero-order valence-electron chi connectivity index (χ0n) is 8.44. The largest absolute Gasteiger partial charge is 0.368 e. The smallest absolute Gasteiger partial charge is 0.0970 e. The van der Waals surface area contributed by atoms with Crippen molar-refractivity contribution in [3.8, 4) is 0 Å². The fraction of sp³-hybridized carbons (Fsp3) is 0.545. The highest BCUT2D eigenvalue weighted by Gasteiger charge is 2.18. The quantitative estimate of drug-likeness (QED) is 0.788. The van der Waals surface area contributed by atoms with Crippen LogP contribution in [0.3, 0.4) is 0 Å². The molecule has 0 aliphatic carbocycles. The number of hydrogen-bond acceptors (Lipinski definition) is 3. The summed E-state index contributed by atoms with van der Waals surface area (Å²) < 4.78 is 5.87. The minimum Gasteiger partial charge on any atom is -0.368 e. The summed E-state index contributed by atoms with van der Waals surface area (Å²) in [6.07, 6.45) is 3.37. The molecule has 0 aromatic carbocycles. The second-order valence-electron chi connectivity index (χ2n) is 3.65. The summed E-state index contributed by atoms with van der Waals surface area (Å²) >= 11 is 0. The monoisotopic (exact) mass is 192 g/mol. The van der Waals surface area contributed by atoms with Gasteiger partial charge in [-0.05, 0) is 32.0 Å². The molecule has 2 atom stereocenters. The molecule has 1 aromatic rings. The maximum atomic E-state index is 5.87. The average Bonchev–Trinajstić information content (AvgIpc) is 2.72. The van der Waals surface area contributed by atoms with Crippen LogP contribution in [0.5, 0.6) is 0 Å². The second kappa shape index (κ2) is 4.53. The van der Waals surface area contributed by atoms with Gasteiger partial charge in [0, 0.05) is 12.7 Å². The fourth-order valence-electron chi connectivity index (χ4n) is 1.72. The van der Waals surface area contributed by atoms with E-state index in [2.05, 4.69) is 17.2 Å². The van der Waals surface area contributed by atoms with Crippen LogP contribution in [-0.4, -0.2) is 24.2 Å². The predicted octanol–water partition coefficient (Wildman–Crippen LogP) is 1.52. The Hall–Kier alpha value is -0.930. The van der Waals surface area contributed by atoms with Crippen LogP contribution in [0, 0.1) is 0 Å². The molecule has 1 aromatic heterocycles. The van der Waals surface area contributed by atoms with Crippen molar-refractivity contribution in [3.63, 3.8) is 0 Å². The van der Waals surface area contributed by atoms with E-state index in [0.29, 0.717) is 6.10 Å². The van der Waals surface area contributed by atoms with Crippen LogP contribution in [0.2, 0.25) is 0 Å². The molecule has 2 heterocycles. The summed E-state index contributed by atoms with van der Waals surface area (Å²) in [5.41, 5.74) is 1.01. The lowest BCUT2D eigenvalue weighted by atomic mass is 10.2. The molecule has 3 heteroatoms. The van der Waals surface area contributed by atoms with Gasteiger partial charge >= 0.3 is 0 Å². The van der Waals surface area contributed by atoms with Crippen molar-refractivity contribution >= 4 is 0 Å². The van der Waals surface area contributed by atoms with E-state index < -0.39 is 0 Å². The van der Waals surface area contributed by atoms with Crippen LogP contribution in [0.4, 0.5) is 0 Å². The number of ether oxygens (including phenoxy) is 1. The van der Waals surface area contributed by atoms with Crippen LogP contribution in [0.1, 0.15) is 25.1 Å². The molecule has 0 radical (unpaired) electrons. The molecule has 2 rings (SSSR count). The SMILES string of the molecule is CC(O[C@H]1CCNC1)c1ccccn1. The molecule has 1 aliphatic heterocycles. The van der Waals surface area contributed by atoms with Gasteiger partial charge in [0.25, 0.3) is 0 Å². The second-order valence-corrected chi connectivity index (χ2v) is 3.65. The van der Waals surface area contributed by atoms with Crippen LogP contribution in [-0.2, 0) is 4.74 Å². The summed E-state index contributed by atoms with van der Waals surface area (Å²) in [5, 5.41) is 3.28. The van der Waals surface area contributed by atoms with Gasteiger partial charge in [-0.1, -0.05) is 6.07 Å². The lowest BCUT2D eigenvalue weighted by molar-refractivity contribution is 0.00602. The van der Waals surface area contributed by atoms with Gasteiger partial charge in [-0.3, -0.25) is 4.98 Å². The summed E-state index contributed by atoms with van der Waals surface area (Å²) in [6, 6.07) is 5.93. The van der Waals surface area contributed by atoms with E-state index in [1.165, 1.54) is 0 Å². The molecule has 1 saturated heterocycles. The molecular formula is C11H16N2O. The Morgan fingerprint density at radius 3 is 3.14 bits per heavy atom. The summed E-state index contributed by atoms with van der Waals surface area (Å²) in [4.78, 5) is 4.28. The van der Waals surface area contributed by atoms with E-state index >= 15 is 0 Å². The summed E-state index contributed by atoms with van der Waals surface area (Å²) in [7, 11) is 0. The molecule has 76 valence electrons. The molecule has 1 unspecified atom stereocenters. The molecule has 0 saturated carbocycles. The highest BCUT2D eigenvalue weighted by molar-refractivity contribution is 5.06. The molecular weight excluding hydrogens is 176 g/mol. The number of pyridine rings is 1. The van der Waals surface area contributed by atoms with E-state index in [-0.39, 0.29) is 6.10 Å². The lowest BCUT2D eigenvalue weighted by Gasteiger charge is -2.17. The van der Waals surface area contributed by atoms with Crippen LogP contribution >= 0.6 is 0 Å². The number of aromatic nitrogens is 1. The normalized spacial score (nSPS) is 23.6. The van der Waals surface area contributed by atoms with Gasteiger partial charge < -0.3 is 10.1 Å². The van der Waals surface area contributed by atoms with E-state index in [4.69, 9.17) is 4.74 Å². The van der Waals surface area contributed by atoms with Gasteiger partial charge in [0.05, 0.1) is 17.9 Å². The van der Waals surface area contributed by atoms with Crippen molar-refractivity contribution in [3.05, 3.63) is 30.1 Å². The van der Waals surface area contributed by atoms with Crippen molar-refractivity contribution in [2.45, 2.75) is 25.6 Å². The Kier molecular flexibility index (Phi) is 3.11. The van der Waals surface area contributed by atoms with Crippen LogP contribution in [0.25, 0.3) is 0 Å². The first-order chi connectivity index (χ1) is 6.86. The molecule has 3 nitrogen and oxygen atoms in total. The fourth-order valence-corrected chi connectivity index (χ4v) is 1.72. The zero-order chi connectivity index (χ0) is 9.80. The van der Waals surface area contributed by atoms with Gasteiger partial charge in [-0.25, -0.2) is 0 Å². The van der Waals surface area contributed by atoms with Crippen molar-refractivity contribution in [2.24, 2.45) is 0 Å². The highest BCUT2D eigenvalue weighted by atomic mass is 16.5. The number of hydrogen-bond donors (Lipinski definition) is 1. The van der Waals surface area contributed by atoms with Gasteiger partial charge in [-0.2, -0.15) is 0 Å². The third kappa shape index (κ3) is 2.30. The Labute approximate surface area is 84.5 Å². The van der Waals surface area contributed by atoms with E-state index in [1.54, 1.807) is 0 Å². The minimum atomic E-state index is 0.0982. The summed E-state index contributed by atoms with van der Waals surface area (Å²) in [5.74, 6) is 0. The molecule has 1 N–H and O–H groups in total. The first kappa shape index (κ1) is 9.62. The maximum Gasteiger partial charge on any atom is 0.0970 e. The third-order valence-corrected chi connectivity index (χ3v) is 2.52.